The molecule has 1 aliphatic carbocycles. The molecule has 36 heavy (non-hydrogen) atoms. The predicted octanol–water partition coefficient (Wildman–Crippen LogP) is 4.56. The Labute approximate surface area is 206 Å². The molecule has 1 aromatic heterocycles. The van der Waals surface area contributed by atoms with Crippen LogP contribution in [0, 0.1) is 5.41 Å². The molecule has 7 nitrogen and oxygen atoms in total. The van der Waals surface area contributed by atoms with E-state index in [1.807, 2.05) is 6.92 Å². The number of nitrogens with one attached hydrogen (secondary N) is 2. The normalized spacial score (nSPS) is 17.7. The van der Waals surface area contributed by atoms with E-state index in [2.05, 4.69) is 10.2 Å². The summed E-state index contributed by atoms with van der Waals surface area (Å²) in [6.07, 6.45) is -2.42. The molecule has 0 aliphatic heterocycles. The van der Waals surface area contributed by atoms with Crippen LogP contribution < -0.4 is 15.2 Å². The summed E-state index contributed by atoms with van der Waals surface area (Å²) in [6, 6.07) is 9.43. The molecule has 192 valence electrons. The summed E-state index contributed by atoms with van der Waals surface area (Å²) in [6.45, 7) is 2.32. The van der Waals surface area contributed by atoms with Crippen molar-refractivity contribution in [3.63, 3.8) is 0 Å². The average Bonchev–Trinajstić information content (AvgIpc) is 3.34. The first-order valence-corrected chi connectivity index (χ1v) is 11.8. The highest BCUT2D eigenvalue weighted by molar-refractivity contribution is 6.02. The SMILES string of the molecule is CCCOc1cc(C2CC(O)C(=N)c3[nH]ncc32)ccc1OCc1ccc(CCN)cc1C(F)(F)F. The first-order chi connectivity index (χ1) is 17.2. The van der Waals surface area contributed by atoms with Gasteiger partial charge in [-0.3, -0.25) is 5.10 Å². The van der Waals surface area contributed by atoms with Crippen LogP contribution in [0.25, 0.3) is 0 Å². The van der Waals surface area contributed by atoms with E-state index in [1.54, 1.807) is 30.5 Å². The molecule has 0 fully saturated rings. The Bertz CT molecular complexity index is 1230. The number of H-pyrrole nitrogens is 1. The number of aliphatic hydroxyl groups is 1. The van der Waals surface area contributed by atoms with E-state index in [-0.39, 0.29) is 30.3 Å². The molecule has 0 bridgehead atoms. The standard InChI is InChI=1S/C26H29F3N4O3/c1-2-9-35-23-11-16(18-12-21(34)24(31)25-19(18)13-32-33-25)5-6-22(23)36-14-17-4-3-15(7-8-30)10-20(17)26(27,28)29/h3-6,10-11,13,18,21,31,34H,2,7-9,12,14,30H2,1H3,(H,32,33). The van der Waals surface area contributed by atoms with Crippen LogP contribution >= 0.6 is 0 Å². The number of ether oxygens (including phenoxy) is 2. The zero-order valence-corrected chi connectivity index (χ0v) is 19.9. The highest BCUT2D eigenvalue weighted by Gasteiger charge is 2.34. The van der Waals surface area contributed by atoms with E-state index in [4.69, 9.17) is 20.6 Å². The molecule has 10 heteroatoms. The average molecular weight is 503 g/mol. The van der Waals surface area contributed by atoms with E-state index in [1.165, 1.54) is 6.07 Å². The van der Waals surface area contributed by atoms with Crippen LogP contribution in [0.5, 0.6) is 11.5 Å². The molecule has 2 unspecified atom stereocenters. The molecule has 0 amide bonds. The third-order valence-electron chi connectivity index (χ3n) is 6.23. The Kier molecular flexibility index (Phi) is 7.65. The van der Waals surface area contributed by atoms with Gasteiger partial charge >= 0.3 is 6.18 Å². The molecule has 1 heterocycles. The molecule has 0 radical (unpaired) electrons. The molecular weight excluding hydrogens is 473 g/mol. The summed E-state index contributed by atoms with van der Waals surface area (Å²) < 4.78 is 52.8. The van der Waals surface area contributed by atoms with Crippen LogP contribution in [0.3, 0.4) is 0 Å². The largest absolute Gasteiger partial charge is 0.490 e. The fraction of sp³-hybridized carbons (Fsp3) is 0.385. The number of aromatic nitrogens is 2. The van der Waals surface area contributed by atoms with Gasteiger partial charge in [0, 0.05) is 17.0 Å². The van der Waals surface area contributed by atoms with Crippen molar-refractivity contribution in [2.75, 3.05) is 13.2 Å². The lowest BCUT2D eigenvalue weighted by Gasteiger charge is -2.27. The summed E-state index contributed by atoms with van der Waals surface area (Å²) in [4.78, 5) is 0. The Hall–Kier alpha value is -3.37. The number of fused-ring (bicyclic) bond motifs is 1. The van der Waals surface area contributed by atoms with Gasteiger partial charge in [0.1, 0.15) is 6.61 Å². The minimum atomic E-state index is -4.52. The molecule has 0 saturated heterocycles. The van der Waals surface area contributed by atoms with Gasteiger partial charge in [-0.2, -0.15) is 18.3 Å². The Morgan fingerprint density at radius 3 is 2.69 bits per heavy atom. The fourth-order valence-corrected chi connectivity index (χ4v) is 4.40. The summed E-state index contributed by atoms with van der Waals surface area (Å²) in [7, 11) is 0. The third-order valence-corrected chi connectivity index (χ3v) is 6.23. The summed E-state index contributed by atoms with van der Waals surface area (Å²) in [5.74, 6) is 0.499. The molecule has 1 aliphatic rings. The molecule has 4 rings (SSSR count). The van der Waals surface area contributed by atoms with E-state index >= 15 is 0 Å². The summed E-state index contributed by atoms with van der Waals surface area (Å²) in [5.41, 5.74) is 7.51. The van der Waals surface area contributed by atoms with E-state index in [9.17, 15) is 18.3 Å². The lowest BCUT2D eigenvalue weighted by atomic mass is 9.80. The number of nitrogens with two attached hydrogens (primary N) is 1. The van der Waals surface area contributed by atoms with Crippen LogP contribution in [-0.4, -0.2) is 40.3 Å². The van der Waals surface area contributed by atoms with Gasteiger partial charge in [-0.1, -0.05) is 25.1 Å². The maximum atomic E-state index is 13.7. The topological polar surface area (TPSA) is 117 Å². The monoisotopic (exact) mass is 502 g/mol. The van der Waals surface area contributed by atoms with Crippen LogP contribution in [0.1, 0.15) is 59.2 Å². The minimum absolute atomic E-state index is 0.0192. The Morgan fingerprint density at radius 2 is 1.97 bits per heavy atom. The van der Waals surface area contributed by atoms with Gasteiger partial charge in [0.15, 0.2) is 11.5 Å². The van der Waals surface area contributed by atoms with E-state index in [0.717, 1.165) is 23.6 Å². The smallest absolute Gasteiger partial charge is 0.416 e. The summed E-state index contributed by atoms with van der Waals surface area (Å²) >= 11 is 0. The maximum absolute atomic E-state index is 13.7. The number of hydrogen-bond acceptors (Lipinski definition) is 6. The second-order valence-electron chi connectivity index (χ2n) is 8.79. The third kappa shape index (κ3) is 5.39. The van der Waals surface area contributed by atoms with Gasteiger partial charge in [0.2, 0.25) is 0 Å². The number of aromatic amines is 1. The number of rotatable bonds is 9. The number of alkyl halides is 3. The van der Waals surface area contributed by atoms with E-state index in [0.29, 0.717) is 42.2 Å². The van der Waals surface area contributed by atoms with Gasteiger partial charge in [-0.15, -0.1) is 0 Å². The predicted molar refractivity (Wildman–Crippen MR) is 129 cm³/mol. The van der Waals surface area contributed by atoms with Crippen molar-refractivity contribution < 1.29 is 27.8 Å². The van der Waals surface area contributed by atoms with Crippen LogP contribution in [-0.2, 0) is 19.2 Å². The highest BCUT2D eigenvalue weighted by Crippen LogP contribution is 2.40. The zero-order chi connectivity index (χ0) is 25.9. The van der Waals surface area contributed by atoms with Gasteiger partial charge < -0.3 is 25.7 Å². The second-order valence-corrected chi connectivity index (χ2v) is 8.79. The van der Waals surface area contributed by atoms with Crippen LogP contribution in [0.15, 0.2) is 42.6 Å². The lowest BCUT2D eigenvalue weighted by Crippen LogP contribution is -2.30. The molecule has 2 atom stereocenters. The molecule has 2 aromatic carbocycles. The molecule has 3 aromatic rings. The van der Waals surface area contributed by atoms with Crippen LogP contribution in [0.4, 0.5) is 13.2 Å². The quantitative estimate of drug-likeness (QED) is 0.342. The van der Waals surface area contributed by atoms with E-state index < -0.39 is 17.8 Å². The highest BCUT2D eigenvalue weighted by atomic mass is 19.4. The number of benzene rings is 2. The van der Waals surface area contributed by atoms with Crippen molar-refractivity contribution in [2.45, 2.75) is 51.0 Å². The molecule has 0 saturated carbocycles. The van der Waals surface area contributed by atoms with Crippen molar-refractivity contribution >= 4 is 5.71 Å². The fourth-order valence-electron chi connectivity index (χ4n) is 4.40. The number of aliphatic hydroxyl groups excluding tert-OH is 1. The van der Waals surface area contributed by atoms with Gasteiger partial charge in [0.25, 0.3) is 0 Å². The summed E-state index contributed by atoms with van der Waals surface area (Å²) in [5, 5.41) is 25.3. The van der Waals surface area contributed by atoms with Crippen LogP contribution in [0.2, 0.25) is 0 Å². The molecule has 0 spiro atoms. The number of nitrogens with zero attached hydrogens (tertiary/aromatic N) is 1. The maximum Gasteiger partial charge on any atom is 0.416 e. The number of hydrogen-bond donors (Lipinski definition) is 4. The number of halogens is 3. The minimum Gasteiger partial charge on any atom is -0.490 e. The zero-order valence-electron chi connectivity index (χ0n) is 19.9. The van der Waals surface area contributed by atoms with Gasteiger partial charge in [-0.25, -0.2) is 0 Å². The first kappa shape index (κ1) is 25.7. The van der Waals surface area contributed by atoms with Crippen molar-refractivity contribution in [3.05, 3.63) is 76.1 Å². The second kappa shape index (κ2) is 10.7. The van der Waals surface area contributed by atoms with Crippen molar-refractivity contribution in [3.8, 4) is 11.5 Å². The van der Waals surface area contributed by atoms with Crippen molar-refractivity contribution in [1.29, 1.82) is 5.41 Å². The lowest BCUT2D eigenvalue weighted by molar-refractivity contribution is -0.138. The first-order valence-electron chi connectivity index (χ1n) is 11.8. The Morgan fingerprint density at radius 1 is 1.17 bits per heavy atom. The van der Waals surface area contributed by atoms with Crippen molar-refractivity contribution in [1.82, 2.24) is 10.2 Å². The molecule has 5 N–H and O–H groups in total. The van der Waals surface area contributed by atoms with Gasteiger partial charge in [0.05, 0.1) is 35.9 Å². The van der Waals surface area contributed by atoms with Crippen molar-refractivity contribution in [2.24, 2.45) is 5.73 Å². The molecular formula is C26H29F3N4O3. The van der Waals surface area contributed by atoms with Gasteiger partial charge in [-0.05, 0) is 55.1 Å². The Balaban J connectivity index is 1.62.